The summed E-state index contributed by atoms with van der Waals surface area (Å²) in [6, 6.07) is 36.4. The number of carbonyl (C=O) groups is 4. The molecule has 4 aliphatic rings. The van der Waals surface area contributed by atoms with Gasteiger partial charge in [-0.2, -0.15) is 0 Å². The number of ether oxygens (including phenoxy) is 4. The Morgan fingerprint density at radius 1 is 0.545 bits per heavy atom. The second-order valence-electron chi connectivity index (χ2n) is 16.1. The minimum absolute atomic E-state index is 0.00706. The first kappa shape index (κ1) is 47.5. The van der Waals surface area contributed by atoms with E-state index in [0.29, 0.717) is 13.1 Å². The lowest BCUT2D eigenvalue weighted by molar-refractivity contribution is -0.176. The van der Waals surface area contributed by atoms with Crippen molar-refractivity contribution in [3.63, 3.8) is 0 Å². The van der Waals surface area contributed by atoms with E-state index < -0.39 is 23.1 Å². The summed E-state index contributed by atoms with van der Waals surface area (Å²) in [7, 11) is 0. The maximum atomic E-state index is 13.0. The average molecular weight is 1060 g/mol. The van der Waals surface area contributed by atoms with Crippen molar-refractivity contribution in [3.05, 3.63) is 129 Å². The van der Waals surface area contributed by atoms with Gasteiger partial charge in [0.25, 0.3) is 0 Å². The number of carbonyl (C=O) groups excluding carboxylic acids is 4. The molecule has 4 fully saturated rings. The standard InChI is InChI=1S/C50H48Br2N4O8S2/c51-37-15-19-39(20-16-37)61-43-23-29-53(31-41(43)35-11-3-1-4-12-35)25-7-9-27-55-45(57)33-65-49(55)63-47(59)48(60)64-50-56(46(58)34-66-50)28-10-8-26-54-30-24-44(62-40-21-17-38(52)18-22-40)42(32-54)36-13-5-2-6-14-36/h1-6,11-22,41-44,49-50H,23-34H2. The molecule has 8 rings (SSSR count). The van der Waals surface area contributed by atoms with Crippen molar-refractivity contribution < 1.29 is 38.1 Å². The predicted molar refractivity (Wildman–Crippen MR) is 261 cm³/mol. The summed E-state index contributed by atoms with van der Waals surface area (Å²) in [4.78, 5) is 58.9. The molecule has 12 nitrogen and oxygen atoms in total. The number of piperidine rings is 2. The molecule has 16 heteroatoms. The molecule has 0 spiro atoms. The number of rotatable bonds is 12. The van der Waals surface area contributed by atoms with E-state index in [9.17, 15) is 19.2 Å². The molecule has 6 atom stereocenters. The lowest BCUT2D eigenvalue weighted by Crippen LogP contribution is -2.44. The number of likely N-dealkylation sites (tertiary alicyclic amines) is 2. The third-order valence-electron chi connectivity index (χ3n) is 11.7. The Bertz CT molecular complexity index is 2280. The molecule has 0 aliphatic carbocycles. The highest BCUT2D eigenvalue weighted by Crippen LogP contribution is 2.34. The molecule has 0 radical (unpaired) electrons. The second-order valence-corrected chi connectivity index (χ2v) is 20.0. The van der Waals surface area contributed by atoms with E-state index in [4.69, 9.17) is 18.9 Å². The minimum atomic E-state index is -1.26. The Balaban J connectivity index is 0.798. The summed E-state index contributed by atoms with van der Waals surface area (Å²) >= 11 is 9.16. The third kappa shape index (κ3) is 12.7. The van der Waals surface area contributed by atoms with Crippen molar-refractivity contribution in [1.29, 1.82) is 0 Å². The Morgan fingerprint density at radius 3 is 1.32 bits per heavy atom. The second kappa shape index (κ2) is 23.2. The van der Waals surface area contributed by atoms with Crippen molar-refractivity contribution in [3.8, 4) is 35.2 Å². The van der Waals surface area contributed by atoms with Gasteiger partial charge in [-0.15, -0.1) is 0 Å². The number of halogens is 2. The van der Waals surface area contributed by atoms with Gasteiger partial charge in [-0.25, -0.2) is 9.59 Å². The van der Waals surface area contributed by atoms with Crippen LogP contribution >= 0.6 is 55.4 Å². The lowest BCUT2D eigenvalue weighted by atomic mass is 9.87. The van der Waals surface area contributed by atoms with Crippen LogP contribution in [0.25, 0.3) is 0 Å². The van der Waals surface area contributed by atoms with Gasteiger partial charge >= 0.3 is 11.9 Å². The lowest BCUT2D eigenvalue weighted by Gasteiger charge is -2.38. The molecule has 4 saturated heterocycles. The first-order valence-electron chi connectivity index (χ1n) is 21.7. The van der Waals surface area contributed by atoms with Crippen LogP contribution in [-0.4, -0.2) is 131 Å². The summed E-state index contributed by atoms with van der Waals surface area (Å²) < 4.78 is 25.9. The Kier molecular flexibility index (Phi) is 16.7. The molecule has 0 N–H and O–H groups in total. The summed E-state index contributed by atoms with van der Waals surface area (Å²) in [6.45, 7) is 4.07. The van der Waals surface area contributed by atoms with E-state index in [1.54, 1.807) is 0 Å². The van der Waals surface area contributed by atoms with Crippen LogP contribution in [0.1, 0.15) is 35.8 Å². The highest BCUT2D eigenvalue weighted by molar-refractivity contribution is 9.10. The molecule has 4 heterocycles. The highest BCUT2D eigenvalue weighted by Gasteiger charge is 2.40. The van der Waals surface area contributed by atoms with Gasteiger partial charge in [0.05, 0.1) is 37.7 Å². The molecular weight excluding hydrogens is 1010 g/mol. The van der Waals surface area contributed by atoms with Crippen molar-refractivity contribution in [2.45, 2.75) is 48.0 Å². The Labute approximate surface area is 410 Å². The summed E-state index contributed by atoms with van der Waals surface area (Å²) in [5.74, 6) is 11.5. The fourth-order valence-electron chi connectivity index (χ4n) is 8.27. The van der Waals surface area contributed by atoms with Crippen LogP contribution in [0, 0.1) is 23.7 Å². The quantitative estimate of drug-likeness (QED) is 0.0812. The van der Waals surface area contributed by atoms with Gasteiger partial charge in [-0.05, 0) is 72.5 Å². The maximum absolute atomic E-state index is 13.0. The molecule has 6 unspecified atom stereocenters. The van der Waals surface area contributed by atoms with E-state index in [1.165, 1.54) is 20.9 Å². The number of esters is 2. The van der Waals surface area contributed by atoms with Crippen LogP contribution in [0.5, 0.6) is 11.5 Å². The van der Waals surface area contributed by atoms with Crippen LogP contribution in [-0.2, 0) is 28.7 Å². The predicted octanol–water partition coefficient (Wildman–Crippen LogP) is 7.20. The number of amides is 2. The van der Waals surface area contributed by atoms with E-state index in [1.807, 2.05) is 84.9 Å². The molecule has 66 heavy (non-hydrogen) atoms. The van der Waals surface area contributed by atoms with Gasteiger partial charge in [0.1, 0.15) is 23.7 Å². The number of thioether (sulfide) groups is 2. The molecular formula is C50H48Br2N4O8S2. The minimum Gasteiger partial charge on any atom is -0.490 e. The van der Waals surface area contributed by atoms with E-state index in [2.05, 4.69) is 89.6 Å². The Morgan fingerprint density at radius 2 is 0.924 bits per heavy atom. The molecule has 2 amide bonds. The van der Waals surface area contributed by atoms with E-state index in [0.717, 1.165) is 83.0 Å². The number of hydrogen-bond acceptors (Lipinski definition) is 12. The van der Waals surface area contributed by atoms with Crippen LogP contribution in [0.2, 0.25) is 0 Å². The van der Waals surface area contributed by atoms with Crippen LogP contribution in [0.3, 0.4) is 0 Å². The fraction of sp³-hybridized carbons (Fsp3) is 0.360. The third-order valence-corrected chi connectivity index (χ3v) is 14.9. The molecule has 4 aromatic rings. The van der Waals surface area contributed by atoms with Crippen LogP contribution in [0.15, 0.2) is 118 Å². The van der Waals surface area contributed by atoms with Crippen molar-refractivity contribution in [2.75, 3.05) is 63.9 Å². The normalized spacial score (nSPS) is 23.3. The van der Waals surface area contributed by atoms with E-state index >= 15 is 0 Å². The van der Waals surface area contributed by atoms with Gasteiger partial charge < -0.3 is 18.9 Å². The van der Waals surface area contributed by atoms with Crippen molar-refractivity contribution in [2.24, 2.45) is 0 Å². The molecule has 4 aromatic carbocycles. The number of nitrogens with zero attached hydrogens (tertiary/aromatic N) is 4. The summed E-state index contributed by atoms with van der Waals surface area (Å²) in [5.41, 5.74) is 0.304. The monoisotopic (exact) mass is 1050 g/mol. The molecule has 4 aliphatic heterocycles. The molecule has 0 aromatic heterocycles. The largest absolute Gasteiger partial charge is 0.490 e. The molecule has 0 bridgehead atoms. The SMILES string of the molecule is O=C(OC1SCC(=O)N1CC#CCN1CCC(Oc2ccc(Br)cc2)C(c2ccccc2)C1)C(=O)OC1SCC(=O)N1CC#CCN1CCC(Oc2ccc(Br)cc2)C(c2ccccc2)C1. The first-order chi connectivity index (χ1) is 32.2. The van der Waals surface area contributed by atoms with E-state index in [-0.39, 0.29) is 60.5 Å². The zero-order valence-electron chi connectivity index (χ0n) is 36.0. The number of benzene rings is 4. The zero-order valence-corrected chi connectivity index (χ0v) is 40.8. The van der Waals surface area contributed by atoms with Gasteiger partial charge in [0.15, 0.2) is 0 Å². The Hall–Kier alpha value is -4.94. The van der Waals surface area contributed by atoms with Gasteiger partial charge in [0.2, 0.25) is 22.9 Å². The van der Waals surface area contributed by atoms with Gasteiger partial charge in [0, 0.05) is 47.0 Å². The van der Waals surface area contributed by atoms with Crippen molar-refractivity contribution in [1.82, 2.24) is 19.6 Å². The van der Waals surface area contributed by atoms with Gasteiger partial charge in [-0.3, -0.25) is 29.2 Å². The number of hydrogen-bond donors (Lipinski definition) is 0. The zero-order chi connectivity index (χ0) is 45.8. The molecule has 0 saturated carbocycles. The maximum Gasteiger partial charge on any atom is 0.420 e. The first-order valence-corrected chi connectivity index (χ1v) is 25.4. The van der Waals surface area contributed by atoms with Crippen molar-refractivity contribution >= 4 is 79.1 Å². The smallest absolute Gasteiger partial charge is 0.420 e. The highest BCUT2D eigenvalue weighted by atomic mass is 79.9. The van der Waals surface area contributed by atoms with Gasteiger partial charge in [-0.1, -0.05) is 140 Å². The topological polar surface area (TPSA) is 118 Å². The average Bonchev–Trinajstić information content (AvgIpc) is 3.87. The summed E-state index contributed by atoms with van der Waals surface area (Å²) in [5, 5.41) is 0. The summed E-state index contributed by atoms with van der Waals surface area (Å²) in [6.07, 6.45) is 1.61. The fourth-order valence-corrected chi connectivity index (χ4v) is 10.8. The van der Waals surface area contributed by atoms with Crippen LogP contribution < -0.4 is 9.47 Å². The molecule has 342 valence electrons. The van der Waals surface area contributed by atoms with Crippen LogP contribution in [0.4, 0.5) is 0 Å².